The van der Waals surface area contributed by atoms with E-state index in [0.29, 0.717) is 6.04 Å². The normalized spacial score (nSPS) is 14.0. The first-order valence-electron chi connectivity index (χ1n) is 5.82. The number of aromatic nitrogens is 2. The molecule has 0 spiro atoms. The molecule has 1 heterocycles. The maximum absolute atomic E-state index is 11.8. The van der Waals surface area contributed by atoms with E-state index in [1.807, 2.05) is 0 Å². The molecule has 1 aliphatic rings. The molecule has 0 bridgehead atoms. The largest absolute Gasteiger partial charge is 0.353 e. The van der Waals surface area contributed by atoms with Gasteiger partial charge in [0.15, 0.2) is 10.3 Å². The van der Waals surface area contributed by atoms with Gasteiger partial charge in [0, 0.05) is 19.0 Å². The molecule has 1 aliphatic carbocycles. The maximum atomic E-state index is 11.8. The summed E-state index contributed by atoms with van der Waals surface area (Å²) in [6.07, 6.45) is 2.30. The highest BCUT2D eigenvalue weighted by Gasteiger charge is 2.23. The van der Waals surface area contributed by atoms with Crippen LogP contribution in [-0.4, -0.2) is 34.6 Å². The number of hydrogen-bond acceptors (Lipinski definition) is 4. The zero-order chi connectivity index (χ0) is 13.8. The number of halogens is 2. The molecule has 1 fully saturated rings. The van der Waals surface area contributed by atoms with Gasteiger partial charge in [0.05, 0.1) is 5.56 Å². The summed E-state index contributed by atoms with van der Waals surface area (Å²) < 4.78 is 0. The second-order valence-corrected chi connectivity index (χ2v) is 4.96. The molecule has 0 aromatic carbocycles. The molecule has 102 valence electrons. The smallest absolute Gasteiger partial charge is 0.254 e. The highest BCUT2D eigenvalue weighted by molar-refractivity contribution is 6.34. The third-order valence-electron chi connectivity index (χ3n) is 2.54. The Labute approximate surface area is 119 Å². The molecule has 8 heteroatoms. The van der Waals surface area contributed by atoms with E-state index in [0.717, 1.165) is 12.8 Å². The Kier molecular flexibility index (Phi) is 4.55. The van der Waals surface area contributed by atoms with Gasteiger partial charge in [0.2, 0.25) is 5.91 Å². The fourth-order valence-corrected chi connectivity index (χ4v) is 1.75. The van der Waals surface area contributed by atoms with Crippen LogP contribution in [0.4, 0.5) is 0 Å². The number of carbonyl (C=O) groups excluding carboxylic acids is 2. The zero-order valence-corrected chi connectivity index (χ0v) is 11.5. The number of amides is 2. The lowest BCUT2D eigenvalue weighted by molar-refractivity contribution is -0.121. The van der Waals surface area contributed by atoms with Gasteiger partial charge < -0.3 is 10.6 Å². The van der Waals surface area contributed by atoms with Crippen molar-refractivity contribution < 1.29 is 9.59 Å². The van der Waals surface area contributed by atoms with Gasteiger partial charge in [-0.2, -0.15) is 0 Å². The first kappa shape index (κ1) is 14.0. The summed E-state index contributed by atoms with van der Waals surface area (Å²) in [5.41, 5.74) is 0.143. The van der Waals surface area contributed by atoms with E-state index >= 15 is 0 Å². The third-order valence-corrected chi connectivity index (χ3v) is 3.01. The van der Waals surface area contributed by atoms with Crippen LogP contribution in [0, 0.1) is 0 Å². The quantitative estimate of drug-likeness (QED) is 0.855. The number of hydrogen-bond donors (Lipinski definition) is 2. The predicted octanol–water partition coefficient (Wildman–Crippen LogP) is 1.18. The van der Waals surface area contributed by atoms with Crippen molar-refractivity contribution in [2.45, 2.75) is 25.3 Å². The fourth-order valence-electron chi connectivity index (χ4n) is 1.42. The van der Waals surface area contributed by atoms with E-state index in [2.05, 4.69) is 20.8 Å². The van der Waals surface area contributed by atoms with Crippen LogP contribution in [0.15, 0.2) is 6.07 Å². The number of rotatable bonds is 5. The summed E-state index contributed by atoms with van der Waals surface area (Å²) in [7, 11) is 0. The van der Waals surface area contributed by atoms with Crippen LogP contribution in [0.3, 0.4) is 0 Å². The van der Waals surface area contributed by atoms with Crippen LogP contribution in [0.5, 0.6) is 0 Å². The first-order valence-corrected chi connectivity index (χ1v) is 6.58. The van der Waals surface area contributed by atoms with Crippen molar-refractivity contribution in [3.8, 4) is 0 Å². The summed E-state index contributed by atoms with van der Waals surface area (Å²) in [6.45, 7) is 0.230. The van der Waals surface area contributed by atoms with E-state index in [1.54, 1.807) is 0 Å². The molecule has 0 unspecified atom stereocenters. The summed E-state index contributed by atoms with van der Waals surface area (Å²) in [6, 6.07) is 1.65. The second-order valence-electron chi connectivity index (χ2n) is 4.22. The van der Waals surface area contributed by atoms with E-state index in [4.69, 9.17) is 23.2 Å². The van der Waals surface area contributed by atoms with Crippen LogP contribution in [0.25, 0.3) is 0 Å². The van der Waals surface area contributed by atoms with E-state index < -0.39 is 5.91 Å². The second kappa shape index (κ2) is 6.16. The minimum absolute atomic E-state index is 0.0238. The Morgan fingerprint density at radius 1 is 1.32 bits per heavy atom. The third kappa shape index (κ3) is 4.33. The topological polar surface area (TPSA) is 84.0 Å². The molecule has 2 rings (SSSR count). The van der Waals surface area contributed by atoms with Crippen molar-refractivity contribution >= 4 is 35.0 Å². The average Bonchev–Trinajstić information content (AvgIpc) is 3.16. The highest BCUT2D eigenvalue weighted by Crippen LogP contribution is 2.18. The van der Waals surface area contributed by atoms with Crippen LogP contribution in [-0.2, 0) is 4.79 Å². The Bertz CT molecular complexity index is 505. The van der Waals surface area contributed by atoms with Crippen molar-refractivity contribution in [2.75, 3.05) is 6.54 Å². The van der Waals surface area contributed by atoms with Crippen LogP contribution >= 0.6 is 23.2 Å². The lowest BCUT2D eigenvalue weighted by atomic mass is 10.3. The molecule has 1 saturated carbocycles. The van der Waals surface area contributed by atoms with Crippen LogP contribution in [0.2, 0.25) is 10.3 Å². The molecule has 1 aromatic rings. The number of nitrogens with zero attached hydrogens (tertiary/aromatic N) is 2. The Balaban J connectivity index is 1.80. The van der Waals surface area contributed by atoms with Gasteiger partial charge in [0.25, 0.3) is 5.91 Å². The van der Waals surface area contributed by atoms with Crippen LogP contribution < -0.4 is 10.6 Å². The molecule has 0 atom stereocenters. The number of nitrogens with one attached hydrogen (secondary N) is 2. The Morgan fingerprint density at radius 2 is 2.05 bits per heavy atom. The zero-order valence-electron chi connectivity index (χ0n) is 9.95. The molecule has 0 radical (unpaired) electrons. The fraction of sp³-hybridized carbons (Fsp3) is 0.455. The molecule has 1 aromatic heterocycles. The maximum Gasteiger partial charge on any atom is 0.254 e. The molecule has 19 heavy (non-hydrogen) atoms. The standard InChI is InChI=1S/C11H12Cl2N4O2/c12-8-5-7(10(13)17-16-8)11(19)14-4-3-9(18)15-6-1-2-6/h5-6H,1-4H2,(H,14,19)(H,15,18). The van der Waals surface area contributed by atoms with Gasteiger partial charge in [-0.1, -0.05) is 23.2 Å². The van der Waals surface area contributed by atoms with E-state index in [-0.39, 0.29) is 34.7 Å². The molecular weight excluding hydrogens is 291 g/mol. The van der Waals surface area contributed by atoms with Crippen LogP contribution in [0.1, 0.15) is 29.6 Å². The highest BCUT2D eigenvalue weighted by atomic mass is 35.5. The molecule has 0 aliphatic heterocycles. The molecule has 0 saturated heterocycles. The predicted molar refractivity (Wildman–Crippen MR) is 70.2 cm³/mol. The lowest BCUT2D eigenvalue weighted by Gasteiger charge is -2.06. The van der Waals surface area contributed by atoms with Crippen molar-refractivity contribution in [1.82, 2.24) is 20.8 Å². The van der Waals surface area contributed by atoms with E-state index in [9.17, 15) is 9.59 Å². The Hall–Kier alpha value is -1.40. The summed E-state index contributed by atoms with van der Waals surface area (Å²) in [5.74, 6) is -0.499. The van der Waals surface area contributed by atoms with E-state index in [1.165, 1.54) is 6.07 Å². The Morgan fingerprint density at radius 3 is 2.74 bits per heavy atom. The number of carbonyl (C=O) groups is 2. The molecule has 2 amide bonds. The summed E-state index contributed by atoms with van der Waals surface area (Å²) in [4.78, 5) is 23.2. The average molecular weight is 303 g/mol. The van der Waals surface area contributed by atoms with Crippen molar-refractivity contribution in [2.24, 2.45) is 0 Å². The summed E-state index contributed by atoms with van der Waals surface area (Å²) >= 11 is 11.4. The van der Waals surface area contributed by atoms with Gasteiger partial charge in [-0.15, -0.1) is 10.2 Å². The minimum atomic E-state index is -0.430. The summed E-state index contributed by atoms with van der Waals surface area (Å²) in [5, 5.41) is 12.5. The minimum Gasteiger partial charge on any atom is -0.353 e. The van der Waals surface area contributed by atoms with Gasteiger partial charge >= 0.3 is 0 Å². The van der Waals surface area contributed by atoms with Crippen molar-refractivity contribution in [3.63, 3.8) is 0 Å². The van der Waals surface area contributed by atoms with Crippen molar-refractivity contribution in [3.05, 3.63) is 21.9 Å². The van der Waals surface area contributed by atoms with Gasteiger partial charge in [-0.25, -0.2) is 0 Å². The van der Waals surface area contributed by atoms with Gasteiger partial charge in [0.1, 0.15) is 0 Å². The monoisotopic (exact) mass is 302 g/mol. The van der Waals surface area contributed by atoms with Crippen molar-refractivity contribution in [1.29, 1.82) is 0 Å². The SMILES string of the molecule is O=C(CCNC(=O)c1cc(Cl)nnc1Cl)NC1CC1. The molecule has 6 nitrogen and oxygen atoms in total. The molecular formula is C11H12Cl2N4O2. The van der Waals surface area contributed by atoms with Gasteiger partial charge in [-0.3, -0.25) is 9.59 Å². The molecule has 2 N–H and O–H groups in total. The lowest BCUT2D eigenvalue weighted by Crippen LogP contribution is -2.31. The van der Waals surface area contributed by atoms with Gasteiger partial charge in [-0.05, 0) is 18.9 Å². The first-order chi connectivity index (χ1) is 9.06.